The van der Waals surface area contributed by atoms with Gasteiger partial charge in [-0.25, -0.2) is 0 Å². The average molecular weight is 273 g/mol. The molecule has 4 rings (SSSR count). The number of hydrogen-bond acceptors (Lipinski definition) is 4. The van der Waals surface area contributed by atoms with E-state index in [9.17, 15) is 0 Å². The highest BCUT2D eigenvalue weighted by atomic mass is 32.2. The molecule has 1 aliphatic carbocycles. The molecule has 0 saturated heterocycles. The molecule has 6 heteroatoms. The third-order valence-electron chi connectivity index (χ3n) is 3.55. The summed E-state index contributed by atoms with van der Waals surface area (Å²) in [5.74, 6) is 0.848. The first-order valence-corrected chi connectivity index (χ1v) is 7.46. The number of thioether (sulfide) groups is 1. The Balaban J connectivity index is 1.56. The van der Waals surface area contributed by atoms with Gasteiger partial charge >= 0.3 is 0 Å². The van der Waals surface area contributed by atoms with Gasteiger partial charge in [0.1, 0.15) is 5.37 Å². The van der Waals surface area contributed by atoms with E-state index in [1.165, 1.54) is 18.4 Å². The Kier molecular flexibility index (Phi) is 2.61. The number of rotatable bonds is 4. The summed E-state index contributed by atoms with van der Waals surface area (Å²) in [4.78, 5) is 2.24. The van der Waals surface area contributed by atoms with Crippen molar-refractivity contribution in [3.8, 4) is 0 Å². The summed E-state index contributed by atoms with van der Waals surface area (Å²) in [5, 5.41) is 13.8. The van der Waals surface area contributed by atoms with Gasteiger partial charge in [-0.15, -0.1) is 11.8 Å². The Morgan fingerprint density at radius 3 is 3.11 bits per heavy atom. The highest BCUT2D eigenvalue weighted by Gasteiger charge is 2.26. The van der Waals surface area contributed by atoms with E-state index in [1.807, 2.05) is 18.6 Å². The van der Waals surface area contributed by atoms with Crippen molar-refractivity contribution in [3.63, 3.8) is 0 Å². The number of nitrogens with one attached hydrogen (secondary N) is 1. The van der Waals surface area contributed by atoms with Crippen LogP contribution in [0.15, 0.2) is 36.4 Å². The Hall–Kier alpha value is -1.69. The van der Waals surface area contributed by atoms with Crippen LogP contribution in [0.2, 0.25) is 0 Å². The summed E-state index contributed by atoms with van der Waals surface area (Å²) >= 11 is 1.79. The molecule has 0 amide bonds. The summed E-state index contributed by atoms with van der Waals surface area (Å²) in [6, 6.07) is 0. The third kappa shape index (κ3) is 2.16. The standard InChI is InChI=1S/C13H15N5S/c1-2-10(1)8-17-9-12(7-16-17)18-3-4-19-13(18)11-5-14-15-6-11/h3-7,9-10,13H,1-2,8H2,(H,14,15). The van der Waals surface area contributed by atoms with E-state index in [0.717, 1.165) is 18.2 Å². The van der Waals surface area contributed by atoms with Crippen molar-refractivity contribution < 1.29 is 0 Å². The molecule has 1 N–H and O–H groups in total. The van der Waals surface area contributed by atoms with Gasteiger partial charge in [-0.05, 0) is 24.2 Å². The Morgan fingerprint density at radius 2 is 2.32 bits per heavy atom. The Bertz CT molecular complexity index is 584. The lowest BCUT2D eigenvalue weighted by molar-refractivity contribution is 0.563. The molecule has 2 aromatic rings. The van der Waals surface area contributed by atoms with E-state index in [0.29, 0.717) is 0 Å². The van der Waals surface area contributed by atoms with Gasteiger partial charge in [0.2, 0.25) is 0 Å². The van der Waals surface area contributed by atoms with Gasteiger partial charge in [0.15, 0.2) is 0 Å². The molecule has 98 valence electrons. The van der Waals surface area contributed by atoms with Crippen LogP contribution < -0.4 is 4.90 Å². The molecule has 1 atom stereocenters. The molecular weight excluding hydrogens is 258 g/mol. The Labute approximate surface area is 115 Å². The van der Waals surface area contributed by atoms with E-state index >= 15 is 0 Å². The number of H-pyrrole nitrogens is 1. The molecule has 0 aromatic carbocycles. The van der Waals surface area contributed by atoms with E-state index in [2.05, 4.69) is 42.7 Å². The SMILES string of the molecule is C1=CN(c2cnn(CC3CC3)c2)C(c2cn[nH]c2)S1. The summed E-state index contributed by atoms with van der Waals surface area (Å²) in [6.07, 6.45) is 12.7. The van der Waals surface area contributed by atoms with Crippen LogP contribution in [-0.4, -0.2) is 20.0 Å². The van der Waals surface area contributed by atoms with Crippen LogP contribution in [0.25, 0.3) is 0 Å². The summed E-state index contributed by atoms with van der Waals surface area (Å²) in [6.45, 7) is 1.06. The van der Waals surface area contributed by atoms with Gasteiger partial charge in [-0.1, -0.05) is 0 Å². The summed E-state index contributed by atoms with van der Waals surface area (Å²) in [7, 11) is 0. The number of aromatic amines is 1. The number of hydrogen-bond donors (Lipinski definition) is 1. The van der Waals surface area contributed by atoms with Crippen LogP contribution in [0.5, 0.6) is 0 Å². The van der Waals surface area contributed by atoms with Gasteiger partial charge in [0.05, 0.1) is 18.1 Å². The second-order valence-corrected chi connectivity index (χ2v) is 6.07. The predicted molar refractivity (Wildman–Crippen MR) is 75.5 cm³/mol. The van der Waals surface area contributed by atoms with Gasteiger partial charge < -0.3 is 4.90 Å². The quantitative estimate of drug-likeness (QED) is 0.930. The van der Waals surface area contributed by atoms with Gasteiger partial charge in [-0.3, -0.25) is 9.78 Å². The lowest BCUT2D eigenvalue weighted by atomic mass is 10.3. The highest BCUT2D eigenvalue weighted by Crippen LogP contribution is 2.41. The molecule has 0 spiro atoms. The first-order chi connectivity index (χ1) is 9.40. The van der Waals surface area contributed by atoms with E-state index < -0.39 is 0 Å². The van der Waals surface area contributed by atoms with Gasteiger partial charge in [-0.2, -0.15) is 10.2 Å². The largest absolute Gasteiger partial charge is 0.328 e. The number of nitrogens with zero attached hydrogens (tertiary/aromatic N) is 4. The van der Waals surface area contributed by atoms with Crippen molar-refractivity contribution in [2.45, 2.75) is 24.8 Å². The molecule has 2 aliphatic rings. The molecule has 0 radical (unpaired) electrons. The maximum Gasteiger partial charge on any atom is 0.112 e. The molecule has 1 fully saturated rings. The van der Waals surface area contributed by atoms with Crippen molar-refractivity contribution in [1.82, 2.24) is 20.0 Å². The molecule has 2 aromatic heterocycles. The lowest BCUT2D eigenvalue weighted by Crippen LogP contribution is -2.15. The minimum absolute atomic E-state index is 0.261. The van der Waals surface area contributed by atoms with Crippen molar-refractivity contribution >= 4 is 17.4 Å². The van der Waals surface area contributed by atoms with Crippen LogP contribution in [0.1, 0.15) is 23.8 Å². The van der Waals surface area contributed by atoms with Crippen molar-refractivity contribution in [2.75, 3.05) is 4.90 Å². The smallest absolute Gasteiger partial charge is 0.112 e. The second-order valence-electron chi connectivity index (χ2n) is 5.08. The fourth-order valence-electron chi connectivity index (χ4n) is 2.33. The molecule has 1 aliphatic heterocycles. The van der Waals surface area contributed by atoms with Crippen LogP contribution in [0.3, 0.4) is 0 Å². The number of anilines is 1. The first-order valence-electron chi connectivity index (χ1n) is 6.52. The van der Waals surface area contributed by atoms with Crippen LogP contribution in [-0.2, 0) is 6.54 Å². The number of aromatic nitrogens is 4. The normalized spacial score (nSPS) is 22.3. The van der Waals surface area contributed by atoms with E-state index in [4.69, 9.17) is 0 Å². The minimum atomic E-state index is 0.261. The van der Waals surface area contributed by atoms with Crippen LogP contribution >= 0.6 is 11.8 Å². The molecule has 3 heterocycles. The second kappa shape index (κ2) is 4.45. The molecule has 19 heavy (non-hydrogen) atoms. The zero-order valence-corrected chi connectivity index (χ0v) is 11.3. The molecule has 1 unspecified atom stereocenters. The maximum absolute atomic E-state index is 4.47. The van der Waals surface area contributed by atoms with Crippen molar-refractivity contribution in [1.29, 1.82) is 0 Å². The van der Waals surface area contributed by atoms with E-state index in [-0.39, 0.29) is 5.37 Å². The summed E-state index contributed by atoms with van der Waals surface area (Å²) in [5.41, 5.74) is 2.33. The van der Waals surface area contributed by atoms with Gasteiger partial charge in [0, 0.05) is 30.7 Å². The highest BCUT2D eigenvalue weighted by molar-refractivity contribution is 8.02. The molecule has 1 saturated carbocycles. The maximum atomic E-state index is 4.47. The lowest BCUT2D eigenvalue weighted by Gasteiger charge is -2.21. The fraction of sp³-hybridized carbons (Fsp3) is 0.385. The fourth-order valence-corrected chi connectivity index (χ4v) is 3.29. The zero-order valence-electron chi connectivity index (χ0n) is 10.4. The molecular formula is C13H15N5S. The molecule has 5 nitrogen and oxygen atoms in total. The first kappa shape index (κ1) is 11.2. The third-order valence-corrected chi connectivity index (χ3v) is 4.58. The summed E-state index contributed by atoms with van der Waals surface area (Å²) < 4.78 is 2.07. The topological polar surface area (TPSA) is 49.7 Å². The van der Waals surface area contributed by atoms with Crippen molar-refractivity contribution in [2.24, 2.45) is 5.92 Å². The van der Waals surface area contributed by atoms with E-state index in [1.54, 1.807) is 11.8 Å². The Morgan fingerprint density at radius 1 is 1.37 bits per heavy atom. The van der Waals surface area contributed by atoms with Gasteiger partial charge in [0.25, 0.3) is 0 Å². The van der Waals surface area contributed by atoms with Crippen LogP contribution in [0.4, 0.5) is 5.69 Å². The minimum Gasteiger partial charge on any atom is -0.328 e. The predicted octanol–water partition coefficient (Wildman–Crippen LogP) is 2.74. The average Bonchev–Trinajstić information content (AvgIpc) is 2.92. The van der Waals surface area contributed by atoms with Crippen molar-refractivity contribution in [3.05, 3.63) is 42.0 Å². The monoisotopic (exact) mass is 273 g/mol. The van der Waals surface area contributed by atoms with Crippen LogP contribution in [0, 0.1) is 5.92 Å². The zero-order chi connectivity index (χ0) is 12.7. The molecule has 0 bridgehead atoms.